The summed E-state index contributed by atoms with van der Waals surface area (Å²) < 4.78 is 27.5. The molecule has 126 valence electrons. The van der Waals surface area contributed by atoms with Crippen molar-refractivity contribution < 1.29 is 18.7 Å². The molecule has 4 nitrogen and oxygen atoms in total. The van der Waals surface area contributed by atoms with E-state index in [4.69, 9.17) is 0 Å². The lowest BCUT2D eigenvalue weighted by molar-refractivity contribution is 0.0695. The molecule has 0 fully saturated rings. The highest BCUT2D eigenvalue weighted by atomic mass is 19.1. The fourth-order valence-corrected chi connectivity index (χ4v) is 2.60. The van der Waals surface area contributed by atoms with E-state index < -0.39 is 17.6 Å². The maximum Gasteiger partial charge on any atom is 0.335 e. The summed E-state index contributed by atoms with van der Waals surface area (Å²) in [6, 6.07) is 8.39. The first-order valence-electron chi connectivity index (χ1n) is 7.53. The topological polar surface area (TPSA) is 63.1 Å². The number of rotatable bonds is 4. The standard InChI is InChI=1S/C19H14F2N2O2/c1-11-2-4-13(14(6-11)19(24)25)7-12-3-5-17(23-8-12)18-15(20)9-22-10-16(18)21/h2-6,8-10H,7H2,1H3,(H,24,25). The summed E-state index contributed by atoms with van der Waals surface area (Å²) in [6.45, 7) is 1.82. The molecule has 25 heavy (non-hydrogen) atoms. The van der Waals surface area contributed by atoms with Gasteiger partial charge in [-0.2, -0.15) is 0 Å². The highest BCUT2D eigenvalue weighted by Gasteiger charge is 2.14. The third-order valence-corrected chi connectivity index (χ3v) is 3.82. The van der Waals surface area contributed by atoms with E-state index in [1.165, 1.54) is 12.3 Å². The molecule has 2 aromatic heterocycles. The van der Waals surface area contributed by atoms with Crippen LogP contribution in [0, 0.1) is 18.6 Å². The first kappa shape index (κ1) is 16.7. The Morgan fingerprint density at radius 1 is 1.08 bits per heavy atom. The third-order valence-electron chi connectivity index (χ3n) is 3.82. The second kappa shape index (κ2) is 6.76. The van der Waals surface area contributed by atoms with Gasteiger partial charge in [-0.3, -0.25) is 9.97 Å². The molecule has 0 amide bonds. The van der Waals surface area contributed by atoms with Crippen LogP contribution in [0.15, 0.2) is 48.9 Å². The van der Waals surface area contributed by atoms with Crippen LogP contribution in [0.4, 0.5) is 8.78 Å². The molecule has 0 bridgehead atoms. The van der Waals surface area contributed by atoms with Crippen LogP contribution in [0.3, 0.4) is 0 Å². The molecule has 0 unspecified atom stereocenters. The Morgan fingerprint density at radius 2 is 1.80 bits per heavy atom. The van der Waals surface area contributed by atoms with Crippen LogP contribution in [-0.4, -0.2) is 21.0 Å². The highest BCUT2D eigenvalue weighted by Crippen LogP contribution is 2.24. The zero-order chi connectivity index (χ0) is 18.0. The minimum Gasteiger partial charge on any atom is -0.478 e. The fraction of sp³-hybridized carbons (Fsp3) is 0.105. The van der Waals surface area contributed by atoms with Crippen molar-refractivity contribution in [1.82, 2.24) is 9.97 Å². The monoisotopic (exact) mass is 340 g/mol. The fourth-order valence-electron chi connectivity index (χ4n) is 2.60. The van der Waals surface area contributed by atoms with Gasteiger partial charge < -0.3 is 5.11 Å². The molecule has 6 heteroatoms. The molecule has 2 heterocycles. The van der Waals surface area contributed by atoms with Crippen molar-refractivity contribution in [3.8, 4) is 11.3 Å². The number of hydrogen-bond acceptors (Lipinski definition) is 3. The average molecular weight is 340 g/mol. The van der Waals surface area contributed by atoms with E-state index in [0.717, 1.165) is 23.5 Å². The van der Waals surface area contributed by atoms with Gasteiger partial charge in [-0.1, -0.05) is 23.8 Å². The number of carbonyl (C=O) groups is 1. The van der Waals surface area contributed by atoms with E-state index in [9.17, 15) is 18.7 Å². The van der Waals surface area contributed by atoms with Gasteiger partial charge >= 0.3 is 5.97 Å². The predicted octanol–water partition coefficient (Wildman–Crippen LogP) is 4.02. The summed E-state index contributed by atoms with van der Waals surface area (Å²) in [5.74, 6) is -2.57. The van der Waals surface area contributed by atoms with Crippen molar-refractivity contribution in [2.45, 2.75) is 13.3 Å². The SMILES string of the molecule is Cc1ccc(Cc2ccc(-c3c(F)cncc3F)nc2)c(C(=O)O)c1. The maximum atomic E-state index is 13.8. The number of hydrogen-bond donors (Lipinski definition) is 1. The Morgan fingerprint density at radius 3 is 2.40 bits per heavy atom. The second-order valence-corrected chi connectivity index (χ2v) is 5.67. The lowest BCUT2D eigenvalue weighted by Gasteiger charge is -2.09. The average Bonchev–Trinajstić information content (AvgIpc) is 2.57. The van der Waals surface area contributed by atoms with E-state index >= 15 is 0 Å². The van der Waals surface area contributed by atoms with Crippen LogP contribution in [0.2, 0.25) is 0 Å². The van der Waals surface area contributed by atoms with Crippen molar-refractivity contribution in [3.63, 3.8) is 0 Å². The van der Waals surface area contributed by atoms with Crippen molar-refractivity contribution in [1.29, 1.82) is 0 Å². The highest BCUT2D eigenvalue weighted by molar-refractivity contribution is 5.89. The van der Waals surface area contributed by atoms with Gasteiger partial charge in [0.2, 0.25) is 0 Å². The number of aryl methyl sites for hydroxylation is 1. The molecule has 0 radical (unpaired) electrons. The van der Waals surface area contributed by atoms with Crippen LogP contribution >= 0.6 is 0 Å². The number of pyridine rings is 2. The van der Waals surface area contributed by atoms with E-state index in [-0.39, 0.29) is 16.8 Å². The minimum absolute atomic E-state index is 0.156. The molecule has 0 aliphatic heterocycles. The summed E-state index contributed by atoms with van der Waals surface area (Å²) in [7, 11) is 0. The summed E-state index contributed by atoms with van der Waals surface area (Å²) in [6.07, 6.45) is 3.70. The van der Waals surface area contributed by atoms with E-state index in [1.807, 2.05) is 13.0 Å². The van der Waals surface area contributed by atoms with Crippen LogP contribution in [0.5, 0.6) is 0 Å². The smallest absolute Gasteiger partial charge is 0.335 e. The van der Waals surface area contributed by atoms with Crippen molar-refractivity contribution >= 4 is 5.97 Å². The summed E-state index contributed by atoms with van der Waals surface area (Å²) in [5.41, 5.74) is 2.40. The van der Waals surface area contributed by atoms with Gasteiger partial charge in [-0.25, -0.2) is 13.6 Å². The summed E-state index contributed by atoms with van der Waals surface area (Å²) >= 11 is 0. The van der Waals surface area contributed by atoms with Crippen LogP contribution < -0.4 is 0 Å². The van der Waals surface area contributed by atoms with Gasteiger partial charge in [0, 0.05) is 6.20 Å². The zero-order valence-corrected chi connectivity index (χ0v) is 13.3. The Hall–Kier alpha value is -3.15. The van der Waals surface area contributed by atoms with Crippen LogP contribution in [0.25, 0.3) is 11.3 Å². The molecular formula is C19H14F2N2O2. The first-order valence-corrected chi connectivity index (χ1v) is 7.53. The normalized spacial score (nSPS) is 10.7. The Kier molecular flexibility index (Phi) is 4.52. The lowest BCUT2D eigenvalue weighted by atomic mass is 9.98. The molecule has 0 aliphatic rings. The van der Waals surface area contributed by atoms with Crippen molar-refractivity contribution in [2.75, 3.05) is 0 Å². The van der Waals surface area contributed by atoms with Crippen molar-refractivity contribution in [3.05, 3.63) is 82.8 Å². The molecule has 0 aliphatic carbocycles. The Balaban J connectivity index is 1.91. The number of benzene rings is 1. The molecule has 0 atom stereocenters. The number of carboxylic acid groups (broad SMARTS) is 1. The molecular weight excluding hydrogens is 326 g/mol. The molecule has 0 saturated heterocycles. The summed E-state index contributed by atoms with van der Waals surface area (Å²) in [5, 5.41) is 9.32. The molecule has 0 spiro atoms. The van der Waals surface area contributed by atoms with Gasteiger partial charge in [0.25, 0.3) is 0 Å². The van der Waals surface area contributed by atoms with Gasteiger partial charge in [-0.05, 0) is 36.6 Å². The molecule has 1 N–H and O–H groups in total. The zero-order valence-electron chi connectivity index (χ0n) is 13.3. The molecule has 0 saturated carbocycles. The van der Waals surface area contributed by atoms with E-state index in [2.05, 4.69) is 9.97 Å². The van der Waals surface area contributed by atoms with Gasteiger partial charge in [0.15, 0.2) is 11.6 Å². The maximum absolute atomic E-state index is 13.8. The third kappa shape index (κ3) is 3.52. The van der Waals surface area contributed by atoms with Crippen LogP contribution in [0.1, 0.15) is 27.0 Å². The number of nitrogens with zero attached hydrogens (tertiary/aromatic N) is 2. The number of halogens is 2. The second-order valence-electron chi connectivity index (χ2n) is 5.67. The van der Waals surface area contributed by atoms with E-state index in [1.54, 1.807) is 18.2 Å². The largest absolute Gasteiger partial charge is 0.478 e. The molecule has 3 aromatic rings. The van der Waals surface area contributed by atoms with Crippen molar-refractivity contribution in [2.24, 2.45) is 0 Å². The number of aromatic carboxylic acids is 1. The van der Waals surface area contributed by atoms with E-state index in [0.29, 0.717) is 12.0 Å². The van der Waals surface area contributed by atoms with Gasteiger partial charge in [-0.15, -0.1) is 0 Å². The Labute approximate surface area is 142 Å². The predicted molar refractivity (Wildman–Crippen MR) is 88.3 cm³/mol. The van der Waals surface area contributed by atoms with Gasteiger partial charge in [0.05, 0.1) is 29.2 Å². The quantitative estimate of drug-likeness (QED) is 0.779. The number of carboxylic acids is 1. The lowest BCUT2D eigenvalue weighted by Crippen LogP contribution is -2.04. The first-order chi connectivity index (χ1) is 12.0. The minimum atomic E-state index is -0.996. The molecule has 1 aromatic carbocycles. The Bertz CT molecular complexity index is 920. The van der Waals surface area contributed by atoms with Gasteiger partial charge in [0.1, 0.15) is 0 Å². The number of aromatic nitrogens is 2. The molecule has 3 rings (SSSR count). The summed E-state index contributed by atoms with van der Waals surface area (Å²) in [4.78, 5) is 18.9. The van der Waals surface area contributed by atoms with Crippen LogP contribution in [-0.2, 0) is 6.42 Å².